The molecule has 0 amide bonds. The van der Waals surface area contributed by atoms with Gasteiger partial charge in [-0.15, -0.1) is 0 Å². The number of para-hydroxylation sites is 1. The Morgan fingerprint density at radius 1 is 1.30 bits per heavy atom. The van der Waals surface area contributed by atoms with E-state index < -0.39 is 5.83 Å². The lowest BCUT2D eigenvalue weighted by molar-refractivity contribution is 0.653. The second-order valence-corrected chi connectivity index (χ2v) is 5.21. The minimum Gasteiger partial charge on any atom is -0.347 e. The summed E-state index contributed by atoms with van der Waals surface area (Å²) in [4.78, 5) is 12.7. The summed E-state index contributed by atoms with van der Waals surface area (Å²) in [5.41, 5.74) is 6.63. The van der Waals surface area contributed by atoms with Crippen molar-refractivity contribution in [2.75, 3.05) is 0 Å². The van der Waals surface area contributed by atoms with Crippen LogP contribution in [0.4, 0.5) is 4.39 Å². The third-order valence-corrected chi connectivity index (χ3v) is 3.93. The van der Waals surface area contributed by atoms with Crippen LogP contribution in [-0.4, -0.2) is 14.3 Å². The zero-order valence-corrected chi connectivity index (χ0v) is 12.4. The fraction of sp³-hybridized carbons (Fsp3) is 0.111. The maximum atomic E-state index is 14.0. The number of fused-ring (bicyclic) bond motifs is 3. The second kappa shape index (κ2) is 4.96. The maximum Gasteiger partial charge on any atom is 0.282 e. The van der Waals surface area contributed by atoms with Crippen molar-refractivity contribution in [1.29, 1.82) is 0 Å². The average Bonchev–Trinajstić information content (AvgIpc) is 2.91. The summed E-state index contributed by atoms with van der Waals surface area (Å²) in [6, 6.07) is 7.74. The Bertz CT molecular complexity index is 1100. The highest BCUT2D eigenvalue weighted by molar-refractivity contribution is 5.94. The predicted molar refractivity (Wildman–Crippen MR) is 86.8 cm³/mol. The van der Waals surface area contributed by atoms with Gasteiger partial charge in [0.15, 0.2) is 5.83 Å². The molecule has 0 unspecified atom stereocenters. The van der Waals surface area contributed by atoms with Gasteiger partial charge in [0.25, 0.3) is 5.56 Å². The van der Waals surface area contributed by atoms with Gasteiger partial charge in [0.05, 0.1) is 11.1 Å². The standard InChI is InChI=1S/C18H12FN3O/c1-2-21-11-13-17(12-7-3-5-9-15(12)21)20-22(18(13)23)16-10-6-4-8-14(16)19/h3,5-7,9-11H,2H2,1H3. The molecule has 4 rings (SSSR count). The molecule has 1 aromatic carbocycles. The fourth-order valence-corrected chi connectivity index (χ4v) is 2.83. The summed E-state index contributed by atoms with van der Waals surface area (Å²) in [5, 5.41) is 5.23. The molecule has 3 aliphatic rings. The van der Waals surface area contributed by atoms with E-state index in [1.807, 2.05) is 35.8 Å². The minimum absolute atomic E-state index is 0.0806. The van der Waals surface area contributed by atoms with Gasteiger partial charge >= 0.3 is 0 Å². The van der Waals surface area contributed by atoms with Crippen LogP contribution in [0.1, 0.15) is 6.92 Å². The van der Waals surface area contributed by atoms with E-state index in [2.05, 4.69) is 16.6 Å². The van der Waals surface area contributed by atoms with Crippen LogP contribution in [0.3, 0.4) is 0 Å². The molecule has 112 valence electrons. The highest BCUT2D eigenvalue weighted by Crippen LogP contribution is 2.28. The molecule has 2 heterocycles. The largest absolute Gasteiger partial charge is 0.347 e. The smallest absolute Gasteiger partial charge is 0.282 e. The highest BCUT2D eigenvalue weighted by atomic mass is 19.1. The molecule has 1 aliphatic carbocycles. The van der Waals surface area contributed by atoms with Crippen LogP contribution < -0.4 is 5.56 Å². The fourth-order valence-electron chi connectivity index (χ4n) is 2.83. The van der Waals surface area contributed by atoms with E-state index in [4.69, 9.17) is 0 Å². The van der Waals surface area contributed by atoms with Crippen LogP contribution in [0.5, 0.6) is 0 Å². The van der Waals surface area contributed by atoms with Gasteiger partial charge in [-0.05, 0) is 30.9 Å². The third kappa shape index (κ3) is 1.92. The summed E-state index contributed by atoms with van der Waals surface area (Å²) in [7, 11) is 0. The lowest BCUT2D eigenvalue weighted by atomic mass is 10.1. The number of pyridine rings is 1. The molecular weight excluding hydrogens is 293 g/mol. The van der Waals surface area contributed by atoms with Gasteiger partial charge in [0.1, 0.15) is 11.4 Å². The Hall–Kier alpha value is -3.13. The molecule has 1 aromatic rings. The van der Waals surface area contributed by atoms with Crippen molar-refractivity contribution in [2.45, 2.75) is 13.5 Å². The van der Waals surface area contributed by atoms with Gasteiger partial charge in [-0.2, -0.15) is 14.2 Å². The molecule has 0 N–H and O–H groups in total. The summed E-state index contributed by atoms with van der Waals surface area (Å²) < 4.78 is 17.0. The Morgan fingerprint density at radius 3 is 2.91 bits per heavy atom. The molecule has 0 spiro atoms. The lowest BCUT2D eigenvalue weighted by Gasteiger charge is -2.11. The third-order valence-electron chi connectivity index (χ3n) is 3.93. The van der Waals surface area contributed by atoms with Crippen LogP contribution in [0.25, 0.3) is 27.9 Å². The highest BCUT2D eigenvalue weighted by Gasteiger charge is 2.22. The Labute approximate surface area is 131 Å². The van der Waals surface area contributed by atoms with Crippen LogP contribution in [0.15, 0.2) is 64.7 Å². The second-order valence-electron chi connectivity index (χ2n) is 5.21. The number of allylic oxidation sites excluding steroid dienone is 4. The van der Waals surface area contributed by atoms with E-state index in [1.165, 1.54) is 12.2 Å². The molecule has 23 heavy (non-hydrogen) atoms. The summed E-state index contributed by atoms with van der Waals surface area (Å²) in [6.07, 6.45) is 4.75. The number of nitrogens with zero attached hydrogens (tertiary/aromatic N) is 3. The van der Waals surface area contributed by atoms with Crippen molar-refractivity contribution >= 4 is 16.6 Å². The van der Waals surface area contributed by atoms with Crippen LogP contribution in [0.2, 0.25) is 0 Å². The lowest BCUT2D eigenvalue weighted by Crippen LogP contribution is -2.17. The first-order valence-corrected chi connectivity index (χ1v) is 7.30. The van der Waals surface area contributed by atoms with Crippen molar-refractivity contribution in [1.82, 2.24) is 14.3 Å². The van der Waals surface area contributed by atoms with E-state index >= 15 is 0 Å². The van der Waals surface area contributed by atoms with Gasteiger partial charge < -0.3 is 4.57 Å². The van der Waals surface area contributed by atoms with E-state index in [0.717, 1.165) is 22.1 Å². The number of aromatic nitrogens is 3. The normalized spacial score (nSPS) is 13.7. The van der Waals surface area contributed by atoms with E-state index in [0.29, 0.717) is 11.3 Å². The molecule has 0 bridgehead atoms. The summed E-state index contributed by atoms with van der Waals surface area (Å²) in [5.74, 6) is -0.648. The van der Waals surface area contributed by atoms with Crippen LogP contribution >= 0.6 is 0 Å². The Balaban J connectivity index is 2.10. The maximum absolute atomic E-state index is 14.0. The minimum atomic E-state index is -0.648. The summed E-state index contributed by atoms with van der Waals surface area (Å²) >= 11 is 0. The van der Waals surface area contributed by atoms with Crippen molar-refractivity contribution in [3.63, 3.8) is 0 Å². The van der Waals surface area contributed by atoms with Crippen molar-refractivity contribution in [3.8, 4) is 11.3 Å². The van der Waals surface area contributed by atoms with E-state index in [1.54, 1.807) is 6.20 Å². The molecule has 4 nitrogen and oxygen atoms in total. The Morgan fingerprint density at radius 2 is 2.13 bits per heavy atom. The number of rotatable bonds is 2. The zero-order chi connectivity index (χ0) is 16.0. The predicted octanol–water partition coefficient (Wildman–Crippen LogP) is 3.34. The SMILES string of the molecule is CCn1cc2c(=O)n(C3=CC=C=C=C3F)nc-2c2ccccc21. The quantitative estimate of drug-likeness (QED) is 0.681. The molecule has 0 aromatic heterocycles. The van der Waals surface area contributed by atoms with Gasteiger partial charge in [0.2, 0.25) is 0 Å². The molecule has 0 radical (unpaired) electrons. The number of hydrogen-bond acceptors (Lipinski definition) is 2. The van der Waals surface area contributed by atoms with Crippen LogP contribution in [-0.2, 0) is 6.54 Å². The average molecular weight is 305 g/mol. The molecule has 5 heteroatoms. The Kier molecular flexibility index (Phi) is 2.91. The number of halogens is 1. The first kappa shape index (κ1) is 13.5. The molecule has 0 saturated heterocycles. The molecule has 0 saturated carbocycles. The molecular formula is C18H12FN3O. The van der Waals surface area contributed by atoms with E-state index in [9.17, 15) is 9.18 Å². The van der Waals surface area contributed by atoms with Gasteiger partial charge in [-0.1, -0.05) is 23.9 Å². The number of aryl methyl sites for hydroxylation is 1. The zero-order valence-electron chi connectivity index (χ0n) is 12.4. The molecule has 0 fully saturated rings. The topological polar surface area (TPSA) is 39.8 Å². The van der Waals surface area contributed by atoms with Crippen LogP contribution in [0, 0.1) is 0 Å². The van der Waals surface area contributed by atoms with Gasteiger partial charge in [-0.3, -0.25) is 4.79 Å². The number of benzene rings is 1. The first-order valence-electron chi connectivity index (χ1n) is 7.30. The van der Waals surface area contributed by atoms with Gasteiger partial charge in [0, 0.05) is 18.1 Å². The van der Waals surface area contributed by atoms with Crippen molar-refractivity contribution in [3.05, 3.63) is 70.3 Å². The van der Waals surface area contributed by atoms with Crippen molar-refractivity contribution in [2.24, 2.45) is 0 Å². The van der Waals surface area contributed by atoms with Crippen molar-refractivity contribution < 1.29 is 4.39 Å². The summed E-state index contributed by atoms with van der Waals surface area (Å²) in [6.45, 7) is 2.73. The molecule has 2 aliphatic heterocycles. The van der Waals surface area contributed by atoms with E-state index in [-0.39, 0.29) is 11.3 Å². The number of hydrogen-bond donors (Lipinski definition) is 0. The monoisotopic (exact) mass is 305 g/mol. The first-order chi connectivity index (χ1) is 11.2. The molecule has 0 atom stereocenters. The van der Waals surface area contributed by atoms with Gasteiger partial charge in [-0.25, -0.2) is 0 Å².